The molecule has 4 N–H and O–H groups in total. The van der Waals surface area contributed by atoms with Crippen LogP contribution in [0.5, 0.6) is 0 Å². The van der Waals surface area contributed by atoms with E-state index in [1.807, 2.05) is 0 Å². The van der Waals surface area contributed by atoms with E-state index >= 15 is 0 Å². The fraction of sp³-hybridized carbons (Fsp3) is 1.00. The highest BCUT2D eigenvalue weighted by Crippen LogP contribution is 2.71. The zero-order valence-electron chi connectivity index (χ0n) is 14.4. The Morgan fingerprint density at radius 2 is 1.70 bits per heavy atom. The lowest BCUT2D eigenvalue weighted by Gasteiger charge is -2.51. The molecule has 0 aromatic carbocycles. The monoisotopic (exact) mass is 324 g/mol. The van der Waals surface area contributed by atoms with Crippen molar-refractivity contribution < 1.29 is 20.4 Å². The van der Waals surface area contributed by atoms with Crippen molar-refractivity contribution in [3.8, 4) is 0 Å². The summed E-state index contributed by atoms with van der Waals surface area (Å²) in [5.41, 5.74) is -1.24. The molecule has 4 nitrogen and oxygen atoms in total. The zero-order valence-corrected chi connectivity index (χ0v) is 14.4. The van der Waals surface area contributed by atoms with Crippen LogP contribution in [0.3, 0.4) is 0 Å². The minimum absolute atomic E-state index is 0.0113. The minimum Gasteiger partial charge on any atom is -0.396 e. The topological polar surface area (TPSA) is 80.9 Å². The molecule has 4 fully saturated rings. The average Bonchev–Trinajstić information content (AvgIpc) is 2.89. The van der Waals surface area contributed by atoms with Crippen LogP contribution in [0.15, 0.2) is 0 Å². The highest BCUT2D eigenvalue weighted by Gasteiger charge is 2.71. The Hall–Kier alpha value is -0.160. The van der Waals surface area contributed by atoms with Crippen molar-refractivity contribution >= 4 is 0 Å². The summed E-state index contributed by atoms with van der Waals surface area (Å²) >= 11 is 0. The molecule has 4 aliphatic carbocycles. The largest absolute Gasteiger partial charge is 0.396 e. The summed E-state index contributed by atoms with van der Waals surface area (Å²) in [4.78, 5) is 0. The Kier molecular flexibility index (Phi) is 3.50. The number of aliphatic hydroxyl groups excluding tert-OH is 3. The highest BCUT2D eigenvalue weighted by molar-refractivity contribution is 5.20. The summed E-state index contributed by atoms with van der Waals surface area (Å²) in [6, 6.07) is 0. The van der Waals surface area contributed by atoms with Crippen LogP contribution in [-0.2, 0) is 0 Å². The van der Waals surface area contributed by atoms with E-state index in [1.165, 1.54) is 0 Å². The number of hydrogen-bond acceptors (Lipinski definition) is 4. The van der Waals surface area contributed by atoms with Crippen LogP contribution in [0.1, 0.15) is 58.8 Å². The van der Waals surface area contributed by atoms with Crippen molar-refractivity contribution in [2.45, 2.75) is 76.6 Å². The third-order valence-corrected chi connectivity index (χ3v) is 8.91. The van der Waals surface area contributed by atoms with E-state index in [-0.39, 0.29) is 35.4 Å². The molecular formula is C19H32O4. The molecule has 4 saturated carbocycles. The van der Waals surface area contributed by atoms with Crippen molar-refractivity contribution in [3.63, 3.8) is 0 Å². The third-order valence-electron chi connectivity index (χ3n) is 8.91. The molecule has 132 valence electrons. The zero-order chi connectivity index (χ0) is 16.6. The van der Waals surface area contributed by atoms with Gasteiger partial charge < -0.3 is 20.4 Å². The maximum absolute atomic E-state index is 11.6. The smallest absolute Gasteiger partial charge is 0.0781 e. The summed E-state index contributed by atoms with van der Waals surface area (Å²) in [6.45, 7) is 4.39. The molecule has 0 unspecified atom stereocenters. The normalized spacial score (nSPS) is 61.8. The average molecular weight is 324 g/mol. The lowest BCUT2D eigenvalue weighted by atomic mass is 9.55. The van der Waals surface area contributed by atoms with Crippen LogP contribution in [-0.4, -0.2) is 44.8 Å². The number of hydrogen-bond donors (Lipinski definition) is 4. The first-order chi connectivity index (χ1) is 10.8. The SMILES string of the molecule is C[C@]12CC[C@H]3[C@@H]([C@@H](CO)[C@]4(O)C[C@@H](O)CC[C@]34C)[C@@H]1CC[C@@H]2O. The maximum Gasteiger partial charge on any atom is 0.0781 e. The van der Waals surface area contributed by atoms with Gasteiger partial charge in [-0.1, -0.05) is 13.8 Å². The molecule has 0 amide bonds. The van der Waals surface area contributed by atoms with E-state index in [2.05, 4.69) is 13.8 Å². The molecule has 0 aromatic heterocycles. The van der Waals surface area contributed by atoms with Crippen molar-refractivity contribution in [1.29, 1.82) is 0 Å². The van der Waals surface area contributed by atoms with Crippen molar-refractivity contribution in [3.05, 3.63) is 0 Å². The van der Waals surface area contributed by atoms with Crippen LogP contribution in [0.4, 0.5) is 0 Å². The summed E-state index contributed by atoms with van der Waals surface area (Å²) in [6.07, 6.45) is 5.19. The first-order valence-electron chi connectivity index (χ1n) is 9.47. The molecule has 0 radical (unpaired) electrons. The number of aliphatic hydroxyl groups is 4. The second-order valence-corrected chi connectivity index (χ2v) is 9.46. The molecule has 9 atom stereocenters. The fourth-order valence-electron chi connectivity index (χ4n) is 7.52. The van der Waals surface area contributed by atoms with Crippen molar-refractivity contribution in [2.24, 2.45) is 34.5 Å². The molecule has 4 heteroatoms. The van der Waals surface area contributed by atoms with Gasteiger partial charge >= 0.3 is 0 Å². The van der Waals surface area contributed by atoms with E-state index < -0.39 is 11.7 Å². The molecule has 0 heterocycles. The van der Waals surface area contributed by atoms with Crippen LogP contribution in [0.2, 0.25) is 0 Å². The Balaban J connectivity index is 1.78. The van der Waals surface area contributed by atoms with Gasteiger partial charge in [0.15, 0.2) is 0 Å². The van der Waals surface area contributed by atoms with E-state index in [4.69, 9.17) is 0 Å². The number of fused-ring (bicyclic) bond motifs is 5. The van der Waals surface area contributed by atoms with Crippen LogP contribution in [0, 0.1) is 34.5 Å². The van der Waals surface area contributed by atoms with E-state index in [0.717, 1.165) is 38.5 Å². The van der Waals surface area contributed by atoms with Gasteiger partial charge in [-0.2, -0.15) is 0 Å². The Bertz CT molecular complexity index is 496. The maximum atomic E-state index is 11.6. The van der Waals surface area contributed by atoms with Gasteiger partial charge in [-0.3, -0.25) is 0 Å². The van der Waals surface area contributed by atoms with Crippen LogP contribution in [0.25, 0.3) is 0 Å². The van der Waals surface area contributed by atoms with E-state index in [0.29, 0.717) is 18.3 Å². The van der Waals surface area contributed by atoms with Crippen molar-refractivity contribution in [2.75, 3.05) is 6.61 Å². The van der Waals surface area contributed by atoms with Gasteiger partial charge in [0.2, 0.25) is 0 Å². The fourth-order valence-corrected chi connectivity index (χ4v) is 7.52. The van der Waals surface area contributed by atoms with Gasteiger partial charge in [0.25, 0.3) is 0 Å². The summed E-state index contributed by atoms with van der Waals surface area (Å²) in [7, 11) is 0. The Morgan fingerprint density at radius 1 is 0.957 bits per heavy atom. The van der Waals surface area contributed by atoms with Gasteiger partial charge in [0.1, 0.15) is 0 Å². The van der Waals surface area contributed by atoms with E-state index in [1.54, 1.807) is 0 Å². The molecule has 4 rings (SSSR count). The highest BCUT2D eigenvalue weighted by atomic mass is 16.3. The summed E-state index contributed by atoms with van der Waals surface area (Å²) in [5, 5.41) is 42.5. The second kappa shape index (κ2) is 4.94. The first kappa shape index (κ1) is 16.3. The van der Waals surface area contributed by atoms with Gasteiger partial charge in [0.05, 0.1) is 17.8 Å². The third kappa shape index (κ3) is 1.81. The predicted molar refractivity (Wildman–Crippen MR) is 86.5 cm³/mol. The molecule has 0 spiro atoms. The Labute approximate surface area is 138 Å². The second-order valence-electron chi connectivity index (χ2n) is 9.46. The predicted octanol–water partition coefficient (Wildman–Crippen LogP) is 1.69. The number of rotatable bonds is 1. The summed E-state index contributed by atoms with van der Waals surface area (Å²) in [5.74, 6) is 0.899. The quantitative estimate of drug-likeness (QED) is 0.592. The first-order valence-corrected chi connectivity index (χ1v) is 9.47. The van der Waals surface area contributed by atoms with Gasteiger partial charge in [-0.05, 0) is 67.1 Å². The molecule has 0 saturated heterocycles. The van der Waals surface area contributed by atoms with Crippen molar-refractivity contribution in [1.82, 2.24) is 0 Å². The van der Waals surface area contributed by atoms with Crippen LogP contribution < -0.4 is 0 Å². The molecule has 0 aromatic rings. The lowest BCUT2D eigenvalue weighted by molar-refractivity contribution is -0.158. The molecule has 23 heavy (non-hydrogen) atoms. The van der Waals surface area contributed by atoms with E-state index in [9.17, 15) is 20.4 Å². The van der Waals surface area contributed by atoms with Gasteiger partial charge in [-0.15, -0.1) is 0 Å². The Morgan fingerprint density at radius 3 is 2.39 bits per heavy atom. The van der Waals surface area contributed by atoms with Gasteiger partial charge in [0, 0.05) is 18.9 Å². The molecule has 4 aliphatic rings. The minimum atomic E-state index is -0.965. The van der Waals surface area contributed by atoms with Gasteiger partial charge in [-0.25, -0.2) is 0 Å². The summed E-state index contributed by atoms with van der Waals surface area (Å²) < 4.78 is 0. The lowest BCUT2D eigenvalue weighted by Crippen LogP contribution is -2.54. The molecule has 0 bridgehead atoms. The van der Waals surface area contributed by atoms with Crippen LogP contribution >= 0.6 is 0 Å². The molecular weight excluding hydrogens is 292 g/mol. The standard InChI is InChI=1S/C19H32O4/c1-17-7-6-13-16(12(17)3-4-15(17)22)14(10-20)19(23)9-11(21)5-8-18(13,19)2/h11-16,20-23H,3-10H2,1-2H3/t11-,12-,13-,14+,15-,16-,17-,18+,19+/m0/s1. The molecule has 0 aliphatic heterocycles.